The number of thioether (sulfide) groups is 1. The van der Waals surface area contributed by atoms with E-state index in [1.807, 2.05) is 11.8 Å². The van der Waals surface area contributed by atoms with Crippen molar-refractivity contribution in [2.24, 2.45) is 5.92 Å². The van der Waals surface area contributed by atoms with Gasteiger partial charge in [-0.25, -0.2) is 13.1 Å². The first-order chi connectivity index (χ1) is 7.14. The lowest BCUT2D eigenvalue weighted by molar-refractivity contribution is 0.544. The van der Waals surface area contributed by atoms with E-state index >= 15 is 0 Å². The summed E-state index contributed by atoms with van der Waals surface area (Å²) < 4.78 is 25.7. The van der Waals surface area contributed by atoms with E-state index in [1.54, 1.807) is 0 Å². The van der Waals surface area contributed by atoms with Gasteiger partial charge in [-0.2, -0.15) is 11.8 Å². The van der Waals surface area contributed by atoms with Gasteiger partial charge in [-0.15, -0.1) is 11.6 Å². The van der Waals surface area contributed by atoms with E-state index in [9.17, 15) is 8.42 Å². The van der Waals surface area contributed by atoms with Crippen LogP contribution in [-0.4, -0.2) is 38.1 Å². The number of sulfonamides is 1. The number of halogens is 1. The van der Waals surface area contributed by atoms with Gasteiger partial charge in [-0.1, -0.05) is 0 Å². The Morgan fingerprint density at radius 1 is 1.40 bits per heavy atom. The first kappa shape index (κ1) is 13.6. The van der Waals surface area contributed by atoms with Gasteiger partial charge in [-0.05, 0) is 36.7 Å². The molecule has 1 aliphatic heterocycles. The molecule has 0 amide bonds. The highest BCUT2D eigenvalue weighted by Gasteiger charge is 2.18. The zero-order valence-electron chi connectivity index (χ0n) is 8.75. The fraction of sp³-hybridized carbons (Fsp3) is 1.00. The molecule has 1 N–H and O–H groups in total. The number of hydrogen-bond acceptors (Lipinski definition) is 3. The van der Waals surface area contributed by atoms with Crippen LogP contribution in [0.2, 0.25) is 0 Å². The standard InChI is InChI=1S/C9H18ClNO2S2/c10-4-1-2-6-15(12,13)11-7-9-3-5-14-8-9/h9,11H,1-8H2. The molecule has 0 radical (unpaired) electrons. The number of hydrogen-bond donors (Lipinski definition) is 1. The molecule has 0 aromatic rings. The highest BCUT2D eigenvalue weighted by atomic mass is 35.5. The van der Waals surface area contributed by atoms with Crippen molar-refractivity contribution in [2.75, 3.05) is 29.7 Å². The molecule has 1 fully saturated rings. The zero-order valence-corrected chi connectivity index (χ0v) is 11.1. The molecule has 1 unspecified atom stereocenters. The minimum absolute atomic E-state index is 0.208. The Kier molecular flexibility index (Phi) is 6.34. The van der Waals surface area contributed by atoms with Crippen LogP contribution in [0, 0.1) is 5.92 Å². The minimum Gasteiger partial charge on any atom is -0.215 e. The molecule has 1 saturated heterocycles. The van der Waals surface area contributed by atoms with E-state index in [4.69, 9.17) is 11.6 Å². The van der Waals surface area contributed by atoms with Gasteiger partial charge in [0, 0.05) is 12.4 Å². The summed E-state index contributed by atoms with van der Waals surface area (Å²) >= 11 is 7.40. The average molecular weight is 272 g/mol. The lowest BCUT2D eigenvalue weighted by Crippen LogP contribution is -2.31. The summed E-state index contributed by atoms with van der Waals surface area (Å²) in [7, 11) is -3.06. The first-order valence-electron chi connectivity index (χ1n) is 5.25. The smallest absolute Gasteiger partial charge is 0.211 e. The van der Waals surface area contributed by atoms with Crippen molar-refractivity contribution in [2.45, 2.75) is 19.3 Å². The highest BCUT2D eigenvalue weighted by Crippen LogP contribution is 2.22. The van der Waals surface area contributed by atoms with E-state index in [0.717, 1.165) is 18.6 Å². The predicted octanol–water partition coefficient (Wildman–Crippen LogP) is 1.68. The predicted molar refractivity (Wildman–Crippen MR) is 67.2 cm³/mol. The number of unbranched alkanes of at least 4 members (excludes halogenated alkanes) is 1. The Morgan fingerprint density at radius 2 is 2.20 bits per heavy atom. The second kappa shape index (κ2) is 6.99. The summed E-state index contributed by atoms with van der Waals surface area (Å²) in [5.41, 5.74) is 0. The average Bonchev–Trinajstić information content (AvgIpc) is 2.68. The molecule has 0 aliphatic carbocycles. The van der Waals surface area contributed by atoms with E-state index < -0.39 is 10.0 Å². The fourth-order valence-electron chi connectivity index (χ4n) is 1.45. The second-order valence-electron chi connectivity index (χ2n) is 3.79. The molecular weight excluding hydrogens is 254 g/mol. The molecular formula is C9H18ClNO2S2. The molecule has 0 spiro atoms. The maximum Gasteiger partial charge on any atom is 0.211 e. The second-order valence-corrected chi connectivity index (χ2v) is 7.25. The molecule has 0 aromatic carbocycles. The van der Waals surface area contributed by atoms with Crippen LogP contribution < -0.4 is 4.72 Å². The van der Waals surface area contributed by atoms with Gasteiger partial charge in [0.1, 0.15) is 0 Å². The van der Waals surface area contributed by atoms with Gasteiger partial charge < -0.3 is 0 Å². The van der Waals surface area contributed by atoms with Crippen LogP contribution in [0.1, 0.15) is 19.3 Å². The van der Waals surface area contributed by atoms with E-state index in [0.29, 0.717) is 24.8 Å². The number of nitrogens with one attached hydrogen (secondary N) is 1. The monoisotopic (exact) mass is 271 g/mol. The third-order valence-corrected chi connectivity index (χ3v) is 5.34. The number of rotatable bonds is 7. The summed E-state index contributed by atoms with van der Waals surface area (Å²) in [6, 6.07) is 0. The Balaban J connectivity index is 2.17. The van der Waals surface area contributed by atoms with Gasteiger partial charge in [0.2, 0.25) is 10.0 Å². The van der Waals surface area contributed by atoms with Crippen molar-refractivity contribution in [3.63, 3.8) is 0 Å². The lowest BCUT2D eigenvalue weighted by Gasteiger charge is -2.10. The van der Waals surface area contributed by atoms with Crippen molar-refractivity contribution >= 4 is 33.4 Å². The van der Waals surface area contributed by atoms with Gasteiger partial charge in [0.05, 0.1) is 5.75 Å². The Bertz CT molecular complexity index is 263. The maximum atomic E-state index is 11.5. The highest BCUT2D eigenvalue weighted by molar-refractivity contribution is 7.99. The van der Waals surface area contributed by atoms with Crippen molar-refractivity contribution in [3.8, 4) is 0 Å². The third-order valence-electron chi connectivity index (χ3n) is 2.41. The lowest BCUT2D eigenvalue weighted by atomic mass is 10.1. The van der Waals surface area contributed by atoms with Crippen LogP contribution in [0.15, 0.2) is 0 Å². The van der Waals surface area contributed by atoms with Crippen LogP contribution in [0.25, 0.3) is 0 Å². The Labute approximate surface area is 101 Å². The van der Waals surface area contributed by atoms with Crippen LogP contribution in [0.3, 0.4) is 0 Å². The molecule has 0 aromatic heterocycles. The van der Waals surface area contributed by atoms with Crippen LogP contribution >= 0.6 is 23.4 Å². The Hall–Kier alpha value is 0.550. The summed E-state index contributed by atoms with van der Waals surface area (Å²) in [5, 5.41) is 0. The van der Waals surface area contributed by atoms with Crippen LogP contribution in [-0.2, 0) is 10.0 Å². The first-order valence-corrected chi connectivity index (χ1v) is 8.59. The zero-order chi connectivity index (χ0) is 11.1. The summed E-state index contributed by atoms with van der Waals surface area (Å²) in [5.74, 6) is 3.52. The molecule has 15 heavy (non-hydrogen) atoms. The molecule has 3 nitrogen and oxygen atoms in total. The van der Waals surface area contributed by atoms with E-state index in [1.165, 1.54) is 5.75 Å². The molecule has 1 aliphatic rings. The maximum absolute atomic E-state index is 11.5. The van der Waals surface area contributed by atoms with Crippen LogP contribution in [0.4, 0.5) is 0 Å². The van der Waals surface area contributed by atoms with Crippen molar-refractivity contribution in [3.05, 3.63) is 0 Å². The third kappa shape index (κ3) is 6.00. The van der Waals surface area contributed by atoms with Crippen molar-refractivity contribution < 1.29 is 8.42 Å². The van der Waals surface area contributed by atoms with Gasteiger partial charge >= 0.3 is 0 Å². The molecule has 0 saturated carbocycles. The topological polar surface area (TPSA) is 46.2 Å². The number of alkyl halides is 1. The Morgan fingerprint density at radius 3 is 2.80 bits per heavy atom. The van der Waals surface area contributed by atoms with Crippen molar-refractivity contribution in [1.29, 1.82) is 0 Å². The SMILES string of the molecule is O=S(=O)(CCCCCl)NCC1CCSC1. The van der Waals surface area contributed by atoms with Crippen LogP contribution in [0.5, 0.6) is 0 Å². The quantitative estimate of drug-likeness (QED) is 0.566. The summed E-state index contributed by atoms with van der Waals surface area (Å²) in [6.07, 6.45) is 2.55. The minimum atomic E-state index is -3.06. The molecule has 1 rings (SSSR count). The summed E-state index contributed by atoms with van der Waals surface area (Å²) in [6.45, 7) is 0.607. The van der Waals surface area contributed by atoms with E-state index in [-0.39, 0.29) is 5.75 Å². The van der Waals surface area contributed by atoms with Gasteiger partial charge in [0.15, 0.2) is 0 Å². The summed E-state index contributed by atoms with van der Waals surface area (Å²) in [4.78, 5) is 0. The fourth-order valence-corrected chi connectivity index (χ4v) is 4.14. The largest absolute Gasteiger partial charge is 0.215 e. The molecule has 6 heteroatoms. The van der Waals surface area contributed by atoms with Gasteiger partial charge in [0.25, 0.3) is 0 Å². The normalized spacial score (nSPS) is 22.1. The van der Waals surface area contributed by atoms with Crippen molar-refractivity contribution in [1.82, 2.24) is 4.72 Å². The van der Waals surface area contributed by atoms with Gasteiger partial charge in [-0.3, -0.25) is 0 Å². The molecule has 90 valence electrons. The molecule has 1 atom stereocenters. The molecule has 0 bridgehead atoms. The van der Waals surface area contributed by atoms with E-state index in [2.05, 4.69) is 4.72 Å². The molecule has 1 heterocycles.